The number of benzene rings is 1. The Balaban J connectivity index is 2.87. The third-order valence-electron chi connectivity index (χ3n) is 2.96. The summed E-state index contributed by atoms with van der Waals surface area (Å²) in [6.45, 7) is 9.99. The number of aryl methyl sites for hydroxylation is 1. The zero-order valence-electron chi connectivity index (χ0n) is 11.5. The largest absolute Gasteiger partial charge is 0.349 e. The van der Waals surface area contributed by atoms with Crippen molar-refractivity contribution in [2.75, 3.05) is 0 Å². The van der Waals surface area contributed by atoms with Gasteiger partial charge in [0.25, 0.3) is 0 Å². The molecule has 1 amide bonds. The molecule has 0 bridgehead atoms. The Morgan fingerprint density at radius 3 is 2.35 bits per heavy atom. The highest BCUT2D eigenvalue weighted by Crippen LogP contribution is 2.22. The lowest BCUT2D eigenvalue weighted by Crippen LogP contribution is -2.37. The molecule has 0 heterocycles. The fourth-order valence-corrected chi connectivity index (χ4v) is 1.75. The third-order valence-corrected chi connectivity index (χ3v) is 2.96. The van der Waals surface area contributed by atoms with Gasteiger partial charge in [-0.2, -0.15) is 0 Å². The van der Waals surface area contributed by atoms with Gasteiger partial charge in [0.2, 0.25) is 5.91 Å². The zero-order valence-corrected chi connectivity index (χ0v) is 11.5. The van der Waals surface area contributed by atoms with Crippen LogP contribution in [0.3, 0.4) is 0 Å². The Hall–Kier alpha value is -1.31. The Kier molecular flexibility index (Phi) is 4.33. The summed E-state index contributed by atoms with van der Waals surface area (Å²) in [6, 6.07) is 8.34. The van der Waals surface area contributed by atoms with E-state index in [4.69, 9.17) is 0 Å². The smallest absolute Gasteiger partial charge is 0.225 e. The Labute approximate surface area is 104 Å². The topological polar surface area (TPSA) is 29.1 Å². The van der Waals surface area contributed by atoms with E-state index in [0.717, 1.165) is 6.42 Å². The second-order valence-corrected chi connectivity index (χ2v) is 5.54. The summed E-state index contributed by atoms with van der Waals surface area (Å²) in [5.41, 5.74) is 2.11. The molecule has 1 N–H and O–H groups in total. The predicted octanol–water partition coefficient (Wildman–Crippen LogP) is 3.61. The number of amides is 1. The molecule has 0 aliphatic heterocycles. The zero-order chi connectivity index (χ0) is 13.1. The molecule has 0 unspecified atom stereocenters. The standard InChI is InChI=1S/C15H23NO/c1-6-13(16-14(17)15(3,4)5)12-10-8-7-9-11(12)2/h7-10,13H,6H2,1-5H3,(H,16,17)/t13-/m1/s1. The Morgan fingerprint density at radius 1 is 1.29 bits per heavy atom. The van der Waals surface area contributed by atoms with Crippen LogP contribution in [-0.4, -0.2) is 5.91 Å². The van der Waals surface area contributed by atoms with Crippen LogP contribution >= 0.6 is 0 Å². The van der Waals surface area contributed by atoms with Crippen LogP contribution in [0.25, 0.3) is 0 Å². The summed E-state index contributed by atoms with van der Waals surface area (Å²) in [7, 11) is 0. The first-order chi connectivity index (χ1) is 7.86. The molecule has 0 saturated heterocycles. The molecule has 0 aliphatic carbocycles. The molecule has 0 saturated carbocycles. The summed E-state index contributed by atoms with van der Waals surface area (Å²) in [5, 5.41) is 3.12. The number of hydrogen-bond donors (Lipinski definition) is 1. The summed E-state index contributed by atoms with van der Waals surface area (Å²) >= 11 is 0. The molecule has 0 aromatic heterocycles. The van der Waals surface area contributed by atoms with Gasteiger partial charge in [-0.3, -0.25) is 4.79 Å². The molecule has 94 valence electrons. The van der Waals surface area contributed by atoms with Crippen LogP contribution in [-0.2, 0) is 4.79 Å². The van der Waals surface area contributed by atoms with Crippen LogP contribution < -0.4 is 5.32 Å². The molecular weight excluding hydrogens is 210 g/mol. The summed E-state index contributed by atoms with van der Waals surface area (Å²) in [5.74, 6) is 0.104. The molecule has 1 aromatic rings. The predicted molar refractivity (Wildman–Crippen MR) is 71.8 cm³/mol. The number of carbonyl (C=O) groups excluding carboxylic acids is 1. The Morgan fingerprint density at radius 2 is 1.88 bits per heavy atom. The van der Waals surface area contributed by atoms with E-state index in [9.17, 15) is 4.79 Å². The maximum absolute atomic E-state index is 12.0. The fraction of sp³-hybridized carbons (Fsp3) is 0.533. The van der Waals surface area contributed by atoms with Gasteiger partial charge in [-0.25, -0.2) is 0 Å². The second-order valence-electron chi connectivity index (χ2n) is 5.54. The van der Waals surface area contributed by atoms with Crippen molar-refractivity contribution in [2.45, 2.75) is 47.1 Å². The third kappa shape index (κ3) is 3.58. The van der Waals surface area contributed by atoms with Crippen molar-refractivity contribution in [3.8, 4) is 0 Å². The first kappa shape index (κ1) is 13.8. The van der Waals surface area contributed by atoms with Crippen molar-refractivity contribution < 1.29 is 4.79 Å². The van der Waals surface area contributed by atoms with Crippen LogP contribution in [0.4, 0.5) is 0 Å². The molecular formula is C15H23NO. The van der Waals surface area contributed by atoms with Crippen LogP contribution in [0.5, 0.6) is 0 Å². The molecule has 0 aliphatic rings. The van der Waals surface area contributed by atoms with Crippen molar-refractivity contribution in [2.24, 2.45) is 5.41 Å². The quantitative estimate of drug-likeness (QED) is 0.849. The van der Waals surface area contributed by atoms with E-state index in [1.807, 2.05) is 32.9 Å². The highest BCUT2D eigenvalue weighted by Gasteiger charge is 2.24. The molecule has 0 radical (unpaired) electrons. The lowest BCUT2D eigenvalue weighted by atomic mass is 9.93. The average Bonchev–Trinajstić information content (AvgIpc) is 2.25. The minimum atomic E-state index is -0.337. The Bertz CT molecular complexity index is 390. The lowest BCUT2D eigenvalue weighted by Gasteiger charge is -2.24. The molecule has 1 aromatic carbocycles. The van der Waals surface area contributed by atoms with Crippen molar-refractivity contribution in [1.82, 2.24) is 5.32 Å². The average molecular weight is 233 g/mol. The van der Waals surface area contributed by atoms with E-state index in [2.05, 4.69) is 31.3 Å². The molecule has 1 atom stereocenters. The second kappa shape index (κ2) is 5.35. The van der Waals surface area contributed by atoms with Gasteiger partial charge < -0.3 is 5.32 Å². The highest BCUT2D eigenvalue weighted by atomic mass is 16.2. The van der Waals surface area contributed by atoms with E-state index < -0.39 is 0 Å². The van der Waals surface area contributed by atoms with E-state index in [1.165, 1.54) is 11.1 Å². The van der Waals surface area contributed by atoms with Gasteiger partial charge in [-0.15, -0.1) is 0 Å². The number of rotatable bonds is 3. The normalized spacial score (nSPS) is 13.2. The van der Waals surface area contributed by atoms with E-state index in [1.54, 1.807) is 0 Å². The van der Waals surface area contributed by atoms with Gasteiger partial charge >= 0.3 is 0 Å². The number of hydrogen-bond acceptors (Lipinski definition) is 1. The SMILES string of the molecule is CC[C@@H](NC(=O)C(C)(C)C)c1ccccc1C. The van der Waals surface area contributed by atoms with Crippen molar-refractivity contribution >= 4 is 5.91 Å². The molecule has 0 fully saturated rings. The van der Waals surface area contributed by atoms with Crippen molar-refractivity contribution in [1.29, 1.82) is 0 Å². The van der Waals surface area contributed by atoms with Crippen LogP contribution in [0, 0.1) is 12.3 Å². The molecule has 2 nitrogen and oxygen atoms in total. The molecule has 17 heavy (non-hydrogen) atoms. The fourth-order valence-electron chi connectivity index (χ4n) is 1.75. The molecule has 0 spiro atoms. The maximum Gasteiger partial charge on any atom is 0.225 e. The molecule has 1 rings (SSSR count). The summed E-state index contributed by atoms with van der Waals surface area (Å²) in [6.07, 6.45) is 0.909. The van der Waals surface area contributed by atoms with Crippen molar-refractivity contribution in [3.05, 3.63) is 35.4 Å². The summed E-state index contributed by atoms with van der Waals surface area (Å²) < 4.78 is 0. The number of nitrogens with one attached hydrogen (secondary N) is 1. The van der Waals surface area contributed by atoms with Gasteiger partial charge in [-0.05, 0) is 24.5 Å². The summed E-state index contributed by atoms with van der Waals surface area (Å²) in [4.78, 5) is 12.0. The molecule has 2 heteroatoms. The van der Waals surface area contributed by atoms with Crippen LogP contribution in [0.2, 0.25) is 0 Å². The van der Waals surface area contributed by atoms with Gasteiger partial charge in [0.1, 0.15) is 0 Å². The lowest BCUT2D eigenvalue weighted by molar-refractivity contribution is -0.129. The first-order valence-electron chi connectivity index (χ1n) is 6.22. The van der Waals surface area contributed by atoms with Crippen molar-refractivity contribution in [3.63, 3.8) is 0 Å². The minimum Gasteiger partial charge on any atom is -0.349 e. The van der Waals surface area contributed by atoms with Gasteiger partial charge in [0.15, 0.2) is 0 Å². The first-order valence-corrected chi connectivity index (χ1v) is 6.22. The number of carbonyl (C=O) groups is 1. The van der Waals surface area contributed by atoms with E-state index in [-0.39, 0.29) is 17.4 Å². The van der Waals surface area contributed by atoms with Gasteiger partial charge in [-0.1, -0.05) is 52.0 Å². The van der Waals surface area contributed by atoms with Gasteiger partial charge in [0, 0.05) is 5.41 Å². The maximum atomic E-state index is 12.0. The van der Waals surface area contributed by atoms with Crippen LogP contribution in [0.15, 0.2) is 24.3 Å². The monoisotopic (exact) mass is 233 g/mol. The van der Waals surface area contributed by atoms with Gasteiger partial charge in [0.05, 0.1) is 6.04 Å². The highest BCUT2D eigenvalue weighted by molar-refractivity contribution is 5.81. The van der Waals surface area contributed by atoms with Crippen LogP contribution in [0.1, 0.15) is 51.3 Å². The van der Waals surface area contributed by atoms with E-state index >= 15 is 0 Å². The minimum absolute atomic E-state index is 0.104. The van der Waals surface area contributed by atoms with E-state index in [0.29, 0.717) is 0 Å².